The molecule has 0 amide bonds. The molecule has 1 atom stereocenters. The van der Waals surface area contributed by atoms with E-state index in [9.17, 15) is 0 Å². The predicted molar refractivity (Wildman–Crippen MR) is 106 cm³/mol. The lowest BCUT2D eigenvalue weighted by Gasteiger charge is -2.22. The molecule has 2 heterocycles. The summed E-state index contributed by atoms with van der Waals surface area (Å²) in [5, 5.41) is 0. The van der Waals surface area contributed by atoms with Crippen molar-refractivity contribution in [3.63, 3.8) is 0 Å². The van der Waals surface area contributed by atoms with Crippen LogP contribution < -0.4 is 0 Å². The van der Waals surface area contributed by atoms with E-state index in [1.54, 1.807) is 0 Å². The minimum absolute atomic E-state index is 0.724. The SMILES string of the molecule is C1=CCC(Cn2ccnc2-c2nccn2CC2CCCCCCC2)CC1. The zero-order chi connectivity index (χ0) is 17.6. The Morgan fingerprint density at radius 2 is 1.35 bits per heavy atom. The van der Waals surface area contributed by atoms with Gasteiger partial charge >= 0.3 is 0 Å². The van der Waals surface area contributed by atoms with Crippen molar-refractivity contribution in [2.24, 2.45) is 11.8 Å². The van der Waals surface area contributed by atoms with E-state index in [-0.39, 0.29) is 0 Å². The fourth-order valence-corrected chi connectivity index (χ4v) is 4.63. The first-order chi connectivity index (χ1) is 12.9. The molecule has 0 aliphatic heterocycles. The molecule has 4 rings (SSSR count). The van der Waals surface area contributed by atoms with E-state index in [1.807, 2.05) is 12.4 Å². The van der Waals surface area contributed by atoms with Crippen LogP contribution >= 0.6 is 0 Å². The number of nitrogens with zero attached hydrogens (tertiary/aromatic N) is 4. The normalized spacial score (nSPS) is 22.2. The molecule has 0 radical (unpaired) electrons. The zero-order valence-electron chi connectivity index (χ0n) is 15.9. The summed E-state index contributed by atoms with van der Waals surface area (Å²) in [6.45, 7) is 2.14. The molecule has 2 aromatic rings. The Bertz CT molecular complexity index is 703. The van der Waals surface area contributed by atoms with Gasteiger partial charge in [-0.1, -0.05) is 44.3 Å². The van der Waals surface area contributed by atoms with E-state index in [0.29, 0.717) is 0 Å². The lowest BCUT2D eigenvalue weighted by Crippen LogP contribution is -2.16. The van der Waals surface area contributed by atoms with E-state index in [2.05, 4.69) is 43.6 Å². The summed E-state index contributed by atoms with van der Waals surface area (Å²) in [4.78, 5) is 9.36. The average molecular weight is 353 g/mol. The highest BCUT2D eigenvalue weighted by Gasteiger charge is 2.19. The number of hydrogen-bond donors (Lipinski definition) is 0. The fourth-order valence-electron chi connectivity index (χ4n) is 4.63. The lowest BCUT2D eigenvalue weighted by atomic mass is 9.91. The molecule has 0 bridgehead atoms. The van der Waals surface area contributed by atoms with E-state index >= 15 is 0 Å². The Balaban J connectivity index is 1.48. The molecular formula is C22H32N4. The third kappa shape index (κ3) is 4.28. The molecule has 2 aliphatic rings. The smallest absolute Gasteiger partial charge is 0.176 e. The summed E-state index contributed by atoms with van der Waals surface area (Å²) >= 11 is 0. The molecule has 4 heteroatoms. The highest BCUT2D eigenvalue weighted by atomic mass is 15.2. The van der Waals surface area contributed by atoms with Crippen molar-refractivity contribution in [3.8, 4) is 11.6 Å². The van der Waals surface area contributed by atoms with Gasteiger partial charge in [-0.05, 0) is 43.9 Å². The standard InChI is InChI=1S/C22H32N4/c1-2-5-9-19(10-6-3-1)17-25-15-13-23-21(25)22-24-14-16-26(22)18-20-11-7-4-8-12-20/h4,7,13-16,19-20H,1-3,5-6,8-12,17-18H2. The monoisotopic (exact) mass is 352 g/mol. The maximum atomic E-state index is 4.69. The second kappa shape index (κ2) is 8.70. The van der Waals surface area contributed by atoms with Gasteiger partial charge in [-0.3, -0.25) is 0 Å². The second-order valence-corrected chi connectivity index (χ2v) is 8.17. The Morgan fingerprint density at radius 3 is 1.96 bits per heavy atom. The van der Waals surface area contributed by atoms with Crippen LogP contribution in [-0.2, 0) is 13.1 Å². The molecule has 4 nitrogen and oxygen atoms in total. The van der Waals surface area contributed by atoms with E-state index in [1.165, 1.54) is 64.2 Å². The minimum Gasteiger partial charge on any atom is -0.328 e. The van der Waals surface area contributed by atoms with Crippen LogP contribution in [0, 0.1) is 11.8 Å². The van der Waals surface area contributed by atoms with Crippen molar-refractivity contribution in [2.75, 3.05) is 0 Å². The Hall–Kier alpha value is -1.84. The summed E-state index contributed by atoms with van der Waals surface area (Å²) in [7, 11) is 0. The van der Waals surface area contributed by atoms with Crippen LogP contribution in [0.2, 0.25) is 0 Å². The molecular weight excluding hydrogens is 320 g/mol. The van der Waals surface area contributed by atoms with Crippen LogP contribution in [0.15, 0.2) is 36.9 Å². The minimum atomic E-state index is 0.724. The van der Waals surface area contributed by atoms with Crippen molar-refractivity contribution in [1.29, 1.82) is 0 Å². The second-order valence-electron chi connectivity index (χ2n) is 8.17. The maximum absolute atomic E-state index is 4.69. The molecule has 0 spiro atoms. The zero-order valence-corrected chi connectivity index (χ0v) is 15.9. The Kier molecular flexibility index (Phi) is 5.88. The third-order valence-corrected chi connectivity index (χ3v) is 6.14. The molecule has 1 fully saturated rings. The van der Waals surface area contributed by atoms with Crippen LogP contribution in [-0.4, -0.2) is 19.1 Å². The molecule has 2 aromatic heterocycles. The first-order valence-electron chi connectivity index (χ1n) is 10.6. The fraction of sp³-hybridized carbons (Fsp3) is 0.636. The average Bonchev–Trinajstić information content (AvgIpc) is 3.27. The largest absolute Gasteiger partial charge is 0.328 e. The third-order valence-electron chi connectivity index (χ3n) is 6.14. The van der Waals surface area contributed by atoms with Crippen LogP contribution in [0.25, 0.3) is 11.6 Å². The maximum Gasteiger partial charge on any atom is 0.176 e. The summed E-state index contributed by atoms with van der Waals surface area (Å²) in [5.41, 5.74) is 0. The highest BCUT2D eigenvalue weighted by molar-refractivity contribution is 5.44. The van der Waals surface area contributed by atoms with Gasteiger partial charge < -0.3 is 9.13 Å². The predicted octanol–water partition coefficient (Wildman–Crippen LogP) is 5.46. The van der Waals surface area contributed by atoms with E-state index < -0.39 is 0 Å². The van der Waals surface area contributed by atoms with Gasteiger partial charge in [0, 0.05) is 37.9 Å². The molecule has 0 aromatic carbocycles. The van der Waals surface area contributed by atoms with Gasteiger partial charge in [0.25, 0.3) is 0 Å². The van der Waals surface area contributed by atoms with Crippen molar-refractivity contribution >= 4 is 0 Å². The number of allylic oxidation sites excluding steroid dienone is 2. The molecule has 0 N–H and O–H groups in total. The molecule has 26 heavy (non-hydrogen) atoms. The quantitative estimate of drug-likeness (QED) is 0.670. The highest BCUT2D eigenvalue weighted by Crippen LogP contribution is 2.27. The number of aromatic nitrogens is 4. The van der Waals surface area contributed by atoms with E-state index in [0.717, 1.165) is 36.6 Å². The Morgan fingerprint density at radius 1 is 0.731 bits per heavy atom. The molecule has 0 saturated heterocycles. The van der Waals surface area contributed by atoms with Gasteiger partial charge in [0.05, 0.1) is 0 Å². The summed E-state index contributed by atoms with van der Waals surface area (Å²) < 4.78 is 4.67. The van der Waals surface area contributed by atoms with Gasteiger partial charge in [0.2, 0.25) is 0 Å². The number of rotatable bonds is 5. The van der Waals surface area contributed by atoms with Gasteiger partial charge in [-0.25, -0.2) is 9.97 Å². The molecule has 1 unspecified atom stereocenters. The van der Waals surface area contributed by atoms with Crippen molar-refractivity contribution in [2.45, 2.75) is 77.3 Å². The lowest BCUT2D eigenvalue weighted by molar-refractivity contribution is 0.339. The van der Waals surface area contributed by atoms with Crippen LogP contribution in [0.1, 0.15) is 64.2 Å². The van der Waals surface area contributed by atoms with Gasteiger partial charge in [-0.2, -0.15) is 0 Å². The van der Waals surface area contributed by atoms with Crippen molar-refractivity contribution in [1.82, 2.24) is 19.1 Å². The van der Waals surface area contributed by atoms with Gasteiger partial charge in [0.1, 0.15) is 0 Å². The first-order valence-corrected chi connectivity index (χ1v) is 10.6. The van der Waals surface area contributed by atoms with Gasteiger partial charge in [0.15, 0.2) is 11.6 Å². The van der Waals surface area contributed by atoms with E-state index in [4.69, 9.17) is 0 Å². The summed E-state index contributed by atoms with van der Waals surface area (Å²) in [5.74, 6) is 3.59. The van der Waals surface area contributed by atoms with Crippen molar-refractivity contribution < 1.29 is 0 Å². The van der Waals surface area contributed by atoms with Gasteiger partial charge in [-0.15, -0.1) is 0 Å². The Labute approximate surface area is 157 Å². The molecule has 1 saturated carbocycles. The van der Waals surface area contributed by atoms with Crippen molar-refractivity contribution in [3.05, 3.63) is 36.9 Å². The van der Waals surface area contributed by atoms with Crippen LogP contribution in [0.3, 0.4) is 0 Å². The summed E-state index contributed by atoms with van der Waals surface area (Å²) in [6, 6.07) is 0. The molecule has 2 aliphatic carbocycles. The molecule has 140 valence electrons. The topological polar surface area (TPSA) is 35.6 Å². The first kappa shape index (κ1) is 17.6. The summed E-state index contributed by atoms with van der Waals surface area (Å²) in [6.07, 6.45) is 26.2. The number of imidazole rings is 2. The van der Waals surface area contributed by atoms with Crippen LogP contribution in [0.4, 0.5) is 0 Å². The number of hydrogen-bond acceptors (Lipinski definition) is 2. The van der Waals surface area contributed by atoms with Crippen LogP contribution in [0.5, 0.6) is 0 Å².